The maximum atomic E-state index is 12.9. The Balaban J connectivity index is 1.12. The lowest BCUT2D eigenvalue weighted by Gasteiger charge is -2.50. The fourth-order valence-electron chi connectivity index (χ4n) is 11.7. The quantitative estimate of drug-likeness (QED) is 0.0404. The Kier molecular flexibility index (Phi) is 27.2. The fraction of sp³-hybridized carbons (Fsp3) is 0.922. The van der Waals surface area contributed by atoms with Crippen LogP contribution in [0.25, 0.3) is 0 Å². The maximum absolute atomic E-state index is 12.9. The SMILES string of the molecule is CC(=O)N[C@H]1[C@H](O[C@@H]2[C@@H](OC[C@H]3O[C@@H](O[C@H]4[C@H](O)[C@@H](NC(C)=O)C(O)O[C@@H]4CO)[C@@H](O)[C@@H](O[C@H]4O[C@H](CO)[C@@H](O)[C@H](O)[C@@H]4O)[C@@H]3O)O[C@H](CO)[C@@H](O)[C@@H]2O)O[C@H](CO)[C@@H](O[C@@H]2O[C@H](CO[C@]3(C(=O)O)C[C@H](O)[C@@H](NC(C)=O)[C@H]([C@H](O)[C@H](O)CO)O3)[C@H](O)[C@H](O)[C@H]2O)[C@@H]1O. The molecule has 0 aromatic heterocycles. The van der Waals surface area contributed by atoms with E-state index in [2.05, 4.69) is 16.0 Å². The van der Waals surface area contributed by atoms with Crippen LogP contribution in [0.15, 0.2) is 0 Å². The molecular formula is C51H85N3O39. The summed E-state index contributed by atoms with van der Waals surface area (Å²) in [5.74, 6) is -7.57. The molecular weight excluding hydrogens is 1280 g/mol. The highest BCUT2D eigenvalue weighted by atomic mass is 16.8. The number of carbonyl (C=O) groups excluding carboxylic acids is 3. The molecule has 0 aliphatic carbocycles. The Hall–Kier alpha value is -3.48. The molecule has 42 heteroatoms. The summed E-state index contributed by atoms with van der Waals surface area (Å²) >= 11 is 0. The number of hydrogen-bond acceptors (Lipinski definition) is 38. The second-order valence-corrected chi connectivity index (χ2v) is 23.3. The van der Waals surface area contributed by atoms with Gasteiger partial charge in [-0.15, -0.1) is 0 Å². The van der Waals surface area contributed by atoms with Gasteiger partial charge in [0.2, 0.25) is 17.7 Å². The number of ether oxygens (including phenoxy) is 13. The van der Waals surface area contributed by atoms with Gasteiger partial charge in [-0.25, -0.2) is 4.79 Å². The van der Waals surface area contributed by atoms with Crippen molar-refractivity contribution in [1.82, 2.24) is 16.0 Å². The number of carbonyl (C=O) groups is 4. The van der Waals surface area contributed by atoms with Crippen molar-refractivity contribution in [2.45, 2.75) is 248 Å². The molecule has 0 spiro atoms. The number of carboxylic acid groups (broad SMARTS) is 1. The average molecular weight is 1360 g/mol. The smallest absolute Gasteiger partial charge is 0.364 e. The summed E-state index contributed by atoms with van der Waals surface area (Å²) in [6, 6.07) is -5.22. The number of aliphatic hydroxyl groups excluding tert-OH is 21. The predicted octanol–water partition coefficient (Wildman–Crippen LogP) is -16.6. The molecule has 7 fully saturated rings. The van der Waals surface area contributed by atoms with Crippen LogP contribution in [-0.2, 0) is 80.8 Å². The van der Waals surface area contributed by atoms with E-state index < -0.39 is 297 Å². The summed E-state index contributed by atoms with van der Waals surface area (Å²) in [5.41, 5.74) is 0. The van der Waals surface area contributed by atoms with Gasteiger partial charge >= 0.3 is 5.97 Å². The molecule has 7 heterocycles. The van der Waals surface area contributed by atoms with Crippen LogP contribution in [0.4, 0.5) is 0 Å². The minimum atomic E-state index is -3.03. The highest BCUT2D eigenvalue weighted by Gasteiger charge is 2.60. The highest BCUT2D eigenvalue weighted by Crippen LogP contribution is 2.39. The standard InChI is InChI=1S/C51H85N3O39/c1-12(60)52-23-15(63)4-51(50(79)80,93-41(23)26(65)16(64)5-55)82-11-22-29(68)34(73)37(76)47(88-22)89-40-20(9-59)86-45(25(32(40)71)54-14(3)62)92-43-35(74)28(67)18(7-57)85-49(43)81-10-21-30(69)42(91-46-36(75)33(72)27(66)17(6-56)84-46)38(77)48(87-21)90-39-19(8-58)83-44(78)24(31(39)70)53-13(2)61/h15-49,55-59,63-78H,4-11H2,1-3H3,(H,52,60)(H,53,61)(H,54,62)(H,79,80)/t15-,16+,17+,18+,19+,20+,21+,22+,23+,24+,25+,26+,27+,28+,29-,30+,31+,32+,33-,34-,35-,36-,37+,38-,39+,40+,41+,42-,43-,44?,45-,46+,47-,48-,49-,51+/m0/s1. The third-order valence-electron chi connectivity index (χ3n) is 16.7. The molecule has 1 unspecified atom stereocenters. The maximum Gasteiger partial charge on any atom is 0.364 e. The van der Waals surface area contributed by atoms with E-state index in [1.54, 1.807) is 0 Å². The fourth-order valence-corrected chi connectivity index (χ4v) is 11.7. The lowest BCUT2D eigenvalue weighted by Crippen LogP contribution is -2.70. The van der Waals surface area contributed by atoms with Crippen molar-refractivity contribution in [2.75, 3.05) is 46.2 Å². The third-order valence-corrected chi connectivity index (χ3v) is 16.7. The van der Waals surface area contributed by atoms with Crippen LogP contribution in [0, 0.1) is 0 Å². The number of amides is 3. The van der Waals surface area contributed by atoms with Gasteiger partial charge in [-0.1, -0.05) is 0 Å². The summed E-state index contributed by atoms with van der Waals surface area (Å²) in [4.78, 5) is 49.7. The summed E-state index contributed by atoms with van der Waals surface area (Å²) in [5, 5.41) is 245. The van der Waals surface area contributed by atoms with E-state index in [1.807, 2.05) is 0 Å². The minimum absolute atomic E-state index is 0.787. The second-order valence-electron chi connectivity index (χ2n) is 23.3. The van der Waals surface area contributed by atoms with E-state index in [0.717, 1.165) is 20.8 Å². The van der Waals surface area contributed by atoms with Crippen molar-refractivity contribution in [3.8, 4) is 0 Å². The average Bonchev–Trinajstić information content (AvgIpc) is 0.786. The summed E-state index contributed by atoms with van der Waals surface area (Å²) in [7, 11) is 0. The van der Waals surface area contributed by atoms with Crippen molar-refractivity contribution < 1.29 is 193 Å². The minimum Gasteiger partial charge on any atom is -0.477 e. The first-order chi connectivity index (χ1) is 43.8. The first kappa shape index (κ1) is 76.9. The monoisotopic (exact) mass is 1360 g/mol. The molecule has 0 bridgehead atoms. The summed E-state index contributed by atoms with van der Waals surface area (Å²) in [6.07, 6.45) is -66.9. The molecule has 7 aliphatic heterocycles. The zero-order valence-electron chi connectivity index (χ0n) is 49.6. The molecule has 93 heavy (non-hydrogen) atoms. The van der Waals surface area contributed by atoms with Crippen molar-refractivity contribution in [2.24, 2.45) is 0 Å². The van der Waals surface area contributed by atoms with E-state index in [0.29, 0.717) is 0 Å². The number of aliphatic carboxylic acids is 1. The van der Waals surface area contributed by atoms with Crippen LogP contribution >= 0.6 is 0 Å². The van der Waals surface area contributed by atoms with Crippen LogP contribution in [-0.4, -0.2) is 403 Å². The number of rotatable bonds is 25. The lowest BCUT2D eigenvalue weighted by molar-refractivity contribution is -0.387. The molecule has 0 radical (unpaired) electrons. The van der Waals surface area contributed by atoms with Gasteiger partial charge in [0.25, 0.3) is 5.79 Å². The Morgan fingerprint density at radius 3 is 1.38 bits per heavy atom. The molecule has 7 saturated heterocycles. The van der Waals surface area contributed by atoms with Crippen LogP contribution in [0.3, 0.4) is 0 Å². The predicted molar refractivity (Wildman–Crippen MR) is 284 cm³/mol. The molecule has 42 nitrogen and oxygen atoms in total. The Labute approximate surface area is 525 Å². The lowest BCUT2D eigenvalue weighted by atomic mass is 9.88. The summed E-state index contributed by atoms with van der Waals surface area (Å²) < 4.78 is 74.8. The normalized spacial score (nSPS) is 47.2. The van der Waals surface area contributed by atoms with Crippen molar-refractivity contribution >= 4 is 23.7 Å². The van der Waals surface area contributed by atoms with Crippen LogP contribution < -0.4 is 16.0 Å². The number of nitrogens with one attached hydrogen (secondary N) is 3. The molecule has 0 aromatic rings. The van der Waals surface area contributed by atoms with E-state index in [9.17, 15) is 132 Å². The van der Waals surface area contributed by atoms with Gasteiger partial charge in [-0.2, -0.15) is 0 Å². The molecule has 538 valence electrons. The number of hydrogen-bond donors (Lipinski definition) is 25. The summed E-state index contributed by atoms with van der Waals surface area (Å²) in [6.45, 7) is -4.60. The molecule has 7 aliphatic rings. The zero-order chi connectivity index (χ0) is 69.0. The largest absolute Gasteiger partial charge is 0.477 e. The highest BCUT2D eigenvalue weighted by molar-refractivity contribution is 5.77. The van der Waals surface area contributed by atoms with Gasteiger partial charge in [0.15, 0.2) is 37.7 Å². The van der Waals surface area contributed by atoms with Crippen molar-refractivity contribution in [1.29, 1.82) is 0 Å². The topological polar surface area (TPSA) is 669 Å². The van der Waals surface area contributed by atoms with Gasteiger partial charge < -0.3 is 190 Å². The Morgan fingerprint density at radius 1 is 0.441 bits per heavy atom. The Morgan fingerprint density at radius 2 is 0.860 bits per heavy atom. The van der Waals surface area contributed by atoms with Gasteiger partial charge in [0, 0.05) is 27.2 Å². The van der Waals surface area contributed by atoms with Gasteiger partial charge in [0.1, 0.15) is 165 Å². The first-order valence-corrected chi connectivity index (χ1v) is 29.2. The first-order valence-electron chi connectivity index (χ1n) is 29.2. The second kappa shape index (κ2) is 32.9. The van der Waals surface area contributed by atoms with Crippen molar-refractivity contribution in [3.63, 3.8) is 0 Å². The van der Waals surface area contributed by atoms with E-state index in [-0.39, 0.29) is 0 Å². The Bertz CT molecular complexity index is 2420. The van der Waals surface area contributed by atoms with Gasteiger partial charge in [0.05, 0.1) is 58.4 Å². The number of carboxylic acids is 1. The molecule has 25 N–H and O–H groups in total. The van der Waals surface area contributed by atoms with E-state index >= 15 is 0 Å². The molecule has 0 aromatic carbocycles. The van der Waals surface area contributed by atoms with Crippen molar-refractivity contribution in [3.05, 3.63) is 0 Å². The van der Waals surface area contributed by atoms with Crippen LogP contribution in [0.1, 0.15) is 27.2 Å². The van der Waals surface area contributed by atoms with Crippen LogP contribution in [0.2, 0.25) is 0 Å². The molecule has 3 amide bonds. The zero-order valence-corrected chi connectivity index (χ0v) is 49.6. The van der Waals surface area contributed by atoms with Gasteiger partial charge in [-0.05, 0) is 0 Å². The van der Waals surface area contributed by atoms with Gasteiger partial charge in [-0.3, -0.25) is 14.4 Å². The number of aliphatic hydroxyl groups is 21. The van der Waals surface area contributed by atoms with E-state index in [4.69, 9.17) is 61.6 Å². The third kappa shape index (κ3) is 17.0. The molecule has 36 atom stereocenters. The molecule has 7 rings (SSSR count). The van der Waals surface area contributed by atoms with Crippen LogP contribution in [0.5, 0.6) is 0 Å². The van der Waals surface area contributed by atoms with E-state index in [1.165, 1.54) is 0 Å². The molecule has 0 saturated carbocycles.